The van der Waals surface area contributed by atoms with Gasteiger partial charge in [0.05, 0.1) is 32.5 Å². The highest BCUT2D eigenvalue weighted by Gasteiger charge is 2.15. The van der Waals surface area contributed by atoms with Crippen LogP contribution in [0.5, 0.6) is 17.2 Å². The Hall–Kier alpha value is -3.62. The number of carbonyl (C=O) groups excluding carboxylic acids is 1. The second-order valence-corrected chi connectivity index (χ2v) is 5.41. The predicted octanol–water partition coefficient (Wildman–Crippen LogP) is 2.69. The highest BCUT2D eigenvalue weighted by atomic mass is 16.6. The van der Waals surface area contributed by atoms with Crippen LogP contribution in [-0.4, -0.2) is 38.4 Å². The van der Waals surface area contributed by atoms with Crippen molar-refractivity contribution < 1.29 is 23.9 Å². The lowest BCUT2D eigenvalue weighted by Gasteiger charge is -2.11. The minimum Gasteiger partial charge on any atom is -0.496 e. The Labute approximate surface area is 155 Å². The van der Waals surface area contributed by atoms with E-state index in [2.05, 4.69) is 10.5 Å². The normalized spacial score (nSPS) is 10.5. The molecule has 0 fully saturated rings. The van der Waals surface area contributed by atoms with Gasteiger partial charge in [-0.1, -0.05) is 6.07 Å². The molecule has 2 rings (SSSR count). The third-order valence-electron chi connectivity index (χ3n) is 3.77. The van der Waals surface area contributed by atoms with Crippen molar-refractivity contribution in [1.82, 2.24) is 5.43 Å². The van der Waals surface area contributed by atoms with Crippen LogP contribution in [0.15, 0.2) is 35.4 Å². The maximum Gasteiger partial charge on any atom is 0.273 e. The molecule has 2 aromatic rings. The van der Waals surface area contributed by atoms with E-state index in [4.69, 9.17) is 14.2 Å². The monoisotopic (exact) mass is 373 g/mol. The molecule has 0 radical (unpaired) electrons. The van der Waals surface area contributed by atoms with E-state index in [1.165, 1.54) is 45.7 Å². The molecule has 0 saturated heterocycles. The quantitative estimate of drug-likeness (QED) is 0.454. The summed E-state index contributed by atoms with van der Waals surface area (Å²) in [6, 6.07) is 7.48. The molecule has 27 heavy (non-hydrogen) atoms. The number of benzene rings is 2. The third kappa shape index (κ3) is 4.51. The lowest BCUT2D eigenvalue weighted by atomic mass is 10.1. The largest absolute Gasteiger partial charge is 0.496 e. The van der Waals surface area contributed by atoms with Crippen LogP contribution in [0.3, 0.4) is 0 Å². The third-order valence-corrected chi connectivity index (χ3v) is 3.77. The zero-order chi connectivity index (χ0) is 20.0. The van der Waals surface area contributed by atoms with Gasteiger partial charge in [0.25, 0.3) is 11.6 Å². The minimum atomic E-state index is -0.575. The molecule has 1 N–H and O–H groups in total. The SMILES string of the molecule is COc1cc(OC)c(OC)cc1C=NNC(=O)c1ccc(C)c([N+](=O)[O-])c1. The standard InChI is InChI=1S/C18H19N3O6/c1-11-5-6-12(7-14(11)21(23)24)18(22)20-19-10-13-8-16(26-3)17(27-4)9-15(13)25-2/h5-10H,1-4H3,(H,20,22). The fraction of sp³-hybridized carbons (Fsp3) is 0.222. The van der Waals surface area contributed by atoms with Crippen LogP contribution in [0.2, 0.25) is 0 Å². The van der Waals surface area contributed by atoms with E-state index >= 15 is 0 Å². The van der Waals surface area contributed by atoms with Gasteiger partial charge in [0.1, 0.15) is 5.75 Å². The Morgan fingerprint density at radius 1 is 1.07 bits per heavy atom. The summed E-state index contributed by atoms with van der Waals surface area (Å²) in [5.41, 5.74) is 3.34. The van der Waals surface area contributed by atoms with Crippen molar-refractivity contribution in [2.24, 2.45) is 5.10 Å². The van der Waals surface area contributed by atoms with E-state index < -0.39 is 10.8 Å². The first-order chi connectivity index (χ1) is 12.9. The molecule has 2 aromatic carbocycles. The number of amides is 1. The lowest BCUT2D eigenvalue weighted by Crippen LogP contribution is -2.18. The van der Waals surface area contributed by atoms with Gasteiger partial charge in [-0.25, -0.2) is 5.43 Å². The number of ether oxygens (including phenoxy) is 3. The van der Waals surface area contributed by atoms with E-state index in [-0.39, 0.29) is 11.3 Å². The number of aryl methyl sites for hydroxylation is 1. The molecule has 0 unspecified atom stereocenters. The Kier molecular flexibility index (Phi) is 6.32. The fourth-order valence-electron chi connectivity index (χ4n) is 2.33. The molecule has 9 heteroatoms. The van der Waals surface area contributed by atoms with Crippen LogP contribution in [0.1, 0.15) is 21.5 Å². The van der Waals surface area contributed by atoms with Crippen LogP contribution in [0.4, 0.5) is 5.69 Å². The smallest absolute Gasteiger partial charge is 0.273 e. The predicted molar refractivity (Wildman–Crippen MR) is 99.0 cm³/mol. The maximum absolute atomic E-state index is 12.2. The van der Waals surface area contributed by atoms with Crippen molar-refractivity contribution in [2.75, 3.05) is 21.3 Å². The molecule has 142 valence electrons. The van der Waals surface area contributed by atoms with Gasteiger partial charge in [-0.2, -0.15) is 5.10 Å². The molecule has 0 saturated carbocycles. The summed E-state index contributed by atoms with van der Waals surface area (Å²) < 4.78 is 15.7. The van der Waals surface area contributed by atoms with E-state index in [9.17, 15) is 14.9 Å². The first kappa shape index (κ1) is 19.7. The van der Waals surface area contributed by atoms with Crippen molar-refractivity contribution in [2.45, 2.75) is 6.92 Å². The summed E-state index contributed by atoms with van der Waals surface area (Å²) in [5.74, 6) is 0.855. The number of hydrogen-bond acceptors (Lipinski definition) is 7. The number of nitro benzene ring substituents is 1. The van der Waals surface area contributed by atoms with E-state index in [0.717, 1.165) is 0 Å². The van der Waals surface area contributed by atoms with Crippen molar-refractivity contribution in [1.29, 1.82) is 0 Å². The zero-order valence-electron chi connectivity index (χ0n) is 15.3. The van der Waals surface area contributed by atoms with E-state index in [0.29, 0.717) is 28.4 Å². The summed E-state index contributed by atoms with van der Waals surface area (Å²) in [7, 11) is 4.49. The van der Waals surface area contributed by atoms with Crippen molar-refractivity contribution >= 4 is 17.8 Å². The first-order valence-corrected chi connectivity index (χ1v) is 7.79. The summed E-state index contributed by atoms with van der Waals surface area (Å²) in [6.45, 7) is 1.60. The van der Waals surface area contributed by atoms with Gasteiger partial charge in [-0.05, 0) is 19.1 Å². The molecule has 0 atom stereocenters. The lowest BCUT2D eigenvalue weighted by molar-refractivity contribution is -0.385. The number of nitrogens with one attached hydrogen (secondary N) is 1. The number of methoxy groups -OCH3 is 3. The minimum absolute atomic E-state index is 0.128. The van der Waals surface area contributed by atoms with Gasteiger partial charge in [0, 0.05) is 28.8 Å². The Morgan fingerprint density at radius 2 is 1.70 bits per heavy atom. The van der Waals surface area contributed by atoms with E-state index in [1.807, 2.05) is 0 Å². The summed E-state index contributed by atoms with van der Waals surface area (Å²) in [5, 5.41) is 14.9. The van der Waals surface area contributed by atoms with Crippen LogP contribution in [-0.2, 0) is 0 Å². The number of hydrazone groups is 1. The average molecular weight is 373 g/mol. The molecule has 0 spiro atoms. The highest BCUT2D eigenvalue weighted by Crippen LogP contribution is 2.33. The molecule has 0 aliphatic carbocycles. The van der Waals surface area contributed by atoms with Gasteiger partial charge in [0.2, 0.25) is 0 Å². The van der Waals surface area contributed by atoms with Gasteiger partial charge in [-0.15, -0.1) is 0 Å². The van der Waals surface area contributed by atoms with Gasteiger partial charge < -0.3 is 14.2 Å². The highest BCUT2D eigenvalue weighted by molar-refractivity contribution is 5.96. The second-order valence-electron chi connectivity index (χ2n) is 5.41. The average Bonchev–Trinajstić information content (AvgIpc) is 2.67. The summed E-state index contributed by atoms with van der Waals surface area (Å²) in [6.07, 6.45) is 1.38. The molecule has 1 amide bonds. The van der Waals surface area contributed by atoms with Crippen molar-refractivity contribution in [3.63, 3.8) is 0 Å². The Morgan fingerprint density at radius 3 is 2.30 bits per heavy atom. The maximum atomic E-state index is 12.2. The summed E-state index contributed by atoms with van der Waals surface area (Å²) in [4.78, 5) is 22.6. The molecular weight excluding hydrogens is 354 g/mol. The molecular formula is C18H19N3O6. The van der Waals surface area contributed by atoms with Crippen LogP contribution in [0, 0.1) is 17.0 Å². The molecule has 0 heterocycles. The molecule has 0 aliphatic rings. The number of nitro groups is 1. The second kappa shape index (κ2) is 8.65. The molecule has 0 aromatic heterocycles. The van der Waals surface area contributed by atoms with Crippen LogP contribution < -0.4 is 19.6 Å². The Balaban J connectivity index is 2.21. The molecule has 9 nitrogen and oxygen atoms in total. The molecule has 0 bridgehead atoms. The zero-order valence-corrected chi connectivity index (χ0v) is 15.3. The number of carbonyl (C=O) groups is 1. The molecule has 0 aliphatic heterocycles. The van der Waals surface area contributed by atoms with Crippen LogP contribution in [0.25, 0.3) is 0 Å². The number of hydrogen-bond donors (Lipinski definition) is 1. The Bertz CT molecular complexity index is 895. The topological polar surface area (TPSA) is 112 Å². The van der Waals surface area contributed by atoms with Gasteiger partial charge in [-0.3, -0.25) is 14.9 Å². The van der Waals surface area contributed by atoms with Crippen LogP contribution >= 0.6 is 0 Å². The van der Waals surface area contributed by atoms with Crippen molar-refractivity contribution in [3.8, 4) is 17.2 Å². The first-order valence-electron chi connectivity index (χ1n) is 7.79. The van der Waals surface area contributed by atoms with Gasteiger partial charge >= 0.3 is 0 Å². The van der Waals surface area contributed by atoms with Gasteiger partial charge in [0.15, 0.2) is 11.5 Å². The number of nitrogens with zero attached hydrogens (tertiary/aromatic N) is 2. The van der Waals surface area contributed by atoms with Crippen molar-refractivity contribution in [3.05, 3.63) is 57.1 Å². The summed E-state index contributed by atoms with van der Waals surface area (Å²) >= 11 is 0. The fourth-order valence-corrected chi connectivity index (χ4v) is 2.33. The number of rotatable bonds is 7. The van der Waals surface area contributed by atoms with E-state index in [1.54, 1.807) is 19.1 Å².